The molecule has 0 aliphatic heterocycles. The van der Waals surface area contributed by atoms with Crippen LogP contribution in [0.3, 0.4) is 0 Å². The highest BCUT2D eigenvalue weighted by molar-refractivity contribution is 5.72. The fraction of sp³-hybridized carbons (Fsp3) is 0.194. The summed E-state index contributed by atoms with van der Waals surface area (Å²) in [6.07, 6.45) is 0.00582. The van der Waals surface area contributed by atoms with Crippen LogP contribution in [-0.2, 0) is 24.4 Å². The molecule has 0 aromatic heterocycles. The fourth-order valence-corrected chi connectivity index (χ4v) is 4.32. The lowest BCUT2D eigenvalue weighted by Crippen LogP contribution is -2.02. The van der Waals surface area contributed by atoms with Gasteiger partial charge in [0, 0.05) is 12.5 Å². The van der Waals surface area contributed by atoms with Gasteiger partial charge in [0.2, 0.25) is 0 Å². The van der Waals surface area contributed by atoms with E-state index in [4.69, 9.17) is 14.6 Å². The lowest BCUT2D eigenvalue weighted by molar-refractivity contribution is -0.136. The van der Waals surface area contributed by atoms with Gasteiger partial charge in [-0.05, 0) is 90.0 Å². The average Bonchev–Trinajstić information content (AvgIpc) is 2.86. The minimum Gasteiger partial charge on any atom is -0.489 e. The SMILES string of the molecule is Cc1cc(C)c(-c2cccc(COc3ccc(CCC(=O)O)c(F)c3)c2)c(COc2ccc(F)cc2)c1. The van der Waals surface area contributed by atoms with E-state index in [1.54, 1.807) is 24.3 Å². The Kier molecular flexibility index (Phi) is 8.18. The molecule has 0 amide bonds. The molecular formula is C31H28F2O4. The molecule has 4 rings (SSSR count). The largest absolute Gasteiger partial charge is 0.489 e. The van der Waals surface area contributed by atoms with Crippen LogP contribution in [0, 0.1) is 25.5 Å². The Hall–Kier alpha value is -4.19. The number of ether oxygens (including phenoxy) is 2. The number of aryl methyl sites for hydroxylation is 3. The molecule has 190 valence electrons. The second kappa shape index (κ2) is 11.7. The van der Waals surface area contributed by atoms with E-state index < -0.39 is 11.8 Å². The third kappa shape index (κ3) is 6.94. The van der Waals surface area contributed by atoms with Crippen molar-refractivity contribution in [3.8, 4) is 22.6 Å². The van der Waals surface area contributed by atoms with Crippen LogP contribution in [0.1, 0.15) is 34.2 Å². The van der Waals surface area contributed by atoms with E-state index in [0.717, 1.165) is 33.4 Å². The predicted molar refractivity (Wildman–Crippen MR) is 139 cm³/mol. The Labute approximate surface area is 215 Å². The van der Waals surface area contributed by atoms with E-state index in [0.29, 0.717) is 23.7 Å². The maximum Gasteiger partial charge on any atom is 0.303 e. The predicted octanol–water partition coefficient (Wildman–Crippen LogP) is 7.42. The van der Waals surface area contributed by atoms with Crippen LogP contribution < -0.4 is 9.47 Å². The first-order valence-corrected chi connectivity index (χ1v) is 12.0. The van der Waals surface area contributed by atoms with Crippen LogP contribution in [-0.4, -0.2) is 11.1 Å². The van der Waals surface area contributed by atoms with Gasteiger partial charge in [-0.1, -0.05) is 42.0 Å². The van der Waals surface area contributed by atoms with E-state index in [9.17, 15) is 13.6 Å². The van der Waals surface area contributed by atoms with Crippen molar-refractivity contribution in [3.63, 3.8) is 0 Å². The van der Waals surface area contributed by atoms with Gasteiger partial charge in [-0.25, -0.2) is 8.78 Å². The zero-order valence-corrected chi connectivity index (χ0v) is 20.8. The summed E-state index contributed by atoms with van der Waals surface area (Å²) >= 11 is 0. The number of rotatable bonds is 10. The number of carbonyl (C=O) groups is 1. The molecule has 0 aliphatic carbocycles. The second-order valence-electron chi connectivity index (χ2n) is 8.99. The van der Waals surface area contributed by atoms with Crippen LogP contribution in [0.4, 0.5) is 8.78 Å². The smallest absolute Gasteiger partial charge is 0.303 e. The third-order valence-corrected chi connectivity index (χ3v) is 6.02. The van der Waals surface area contributed by atoms with E-state index in [-0.39, 0.29) is 25.3 Å². The molecule has 0 saturated heterocycles. The van der Waals surface area contributed by atoms with Crippen LogP contribution >= 0.6 is 0 Å². The molecule has 0 aliphatic rings. The summed E-state index contributed by atoms with van der Waals surface area (Å²) in [5.74, 6) is -0.783. The Morgan fingerprint density at radius 2 is 1.54 bits per heavy atom. The average molecular weight is 503 g/mol. The first-order chi connectivity index (χ1) is 17.8. The number of aliphatic carboxylic acids is 1. The van der Waals surface area contributed by atoms with Crippen LogP contribution in [0.5, 0.6) is 11.5 Å². The summed E-state index contributed by atoms with van der Waals surface area (Å²) in [7, 11) is 0. The maximum atomic E-state index is 14.3. The number of carboxylic acid groups (broad SMARTS) is 1. The number of carboxylic acids is 1. The van der Waals surface area contributed by atoms with Crippen LogP contribution in [0.2, 0.25) is 0 Å². The molecule has 4 nitrogen and oxygen atoms in total. The minimum atomic E-state index is -0.964. The Bertz CT molecular complexity index is 1400. The zero-order chi connectivity index (χ0) is 26.4. The molecule has 37 heavy (non-hydrogen) atoms. The topological polar surface area (TPSA) is 55.8 Å². The first kappa shape index (κ1) is 25.9. The van der Waals surface area contributed by atoms with E-state index in [1.807, 2.05) is 31.2 Å². The molecule has 1 N–H and O–H groups in total. The van der Waals surface area contributed by atoms with Crippen molar-refractivity contribution >= 4 is 5.97 Å². The number of hydrogen-bond acceptors (Lipinski definition) is 3. The second-order valence-corrected chi connectivity index (χ2v) is 8.99. The minimum absolute atomic E-state index is 0.126. The van der Waals surface area contributed by atoms with Crippen molar-refractivity contribution in [3.05, 3.63) is 118 Å². The number of hydrogen-bond donors (Lipinski definition) is 1. The fourth-order valence-electron chi connectivity index (χ4n) is 4.32. The van der Waals surface area contributed by atoms with E-state index >= 15 is 0 Å². The summed E-state index contributed by atoms with van der Waals surface area (Å²) in [6, 6.07) is 22.6. The standard InChI is InChI=1S/C31H28F2O4/c1-20-14-21(2)31(25(15-20)19-37-27-11-8-26(32)9-12-27)24-5-3-4-22(16-24)18-36-28-10-6-23(29(33)17-28)7-13-30(34)35/h3-6,8-12,14-17H,7,13,18-19H2,1-2H3,(H,34,35). The Balaban J connectivity index is 1.50. The Morgan fingerprint density at radius 1 is 0.811 bits per heavy atom. The van der Waals surface area contributed by atoms with Crippen molar-refractivity contribution in [1.82, 2.24) is 0 Å². The summed E-state index contributed by atoms with van der Waals surface area (Å²) in [5, 5.41) is 8.81. The molecule has 0 spiro atoms. The normalized spacial score (nSPS) is 10.8. The molecule has 4 aromatic carbocycles. The van der Waals surface area contributed by atoms with Gasteiger partial charge in [-0.3, -0.25) is 4.79 Å². The summed E-state index contributed by atoms with van der Waals surface area (Å²) in [4.78, 5) is 10.7. The summed E-state index contributed by atoms with van der Waals surface area (Å²) in [6.45, 7) is 4.67. The zero-order valence-electron chi connectivity index (χ0n) is 20.8. The van der Waals surface area contributed by atoms with Crippen molar-refractivity contribution < 1.29 is 28.2 Å². The van der Waals surface area contributed by atoms with Crippen LogP contribution in [0.25, 0.3) is 11.1 Å². The molecule has 0 bridgehead atoms. The molecule has 0 fully saturated rings. The molecule has 6 heteroatoms. The van der Waals surface area contributed by atoms with Crippen molar-refractivity contribution in [2.45, 2.75) is 39.9 Å². The summed E-state index contributed by atoms with van der Waals surface area (Å²) in [5.41, 5.74) is 6.57. The lowest BCUT2D eigenvalue weighted by atomic mass is 9.92. The van der Waals surface area contributed by atoms with E-state index in [1.165, 1.54) is 18.2 Å². The van der Waals surface area contributed by atoms with Gasteiger partial charge < -0.3 is 14.6 Å². The van der Waals surface area contributed by atoms with Crippen molar-refractivity contribution in [2.24, 2.45) is 0 Å². The highest BCUT2D eigenvalue weighted by Crippen LogP contribution is 2.31. The van der Waals surface area contributed by atoms with E-state index in [2.05, 4.69) is 19.1 Å². The number of benzene rings is 4. The quantitative estimate of drug-likeness (QED) is 0.245. The molecule has 4 aromatic rings. The van der Waals surface area contributed by atoms with Gasteiger partial charge in [0.05, 0.1) is 0 Å². The van der Waals surface area contributed by atoms with Crippen molar-refractivity contribution in [2.75, 3.05) is 0 Å². The van der Waals surface area contributed by atoms with Gasteiger partial charge in [-0.15, -0.1) is 0 Å². The van der Waals surface area contributed by atoms with Crippen LogP contribution in [0.15, 0.2) is 78.9 Å². The Morgan fingerprint density at radius 3 is 2.27 bits per heavy atom. The molecule has 0 saturated carbocycles. The first-order valence-electron chi connectivity index (χ1n) is 12.0. The molecule has 0 atom stereocenters. The maximum absolute atomic E-state index is 14.3. The highest BCUT2D eigenvalue weighted by atomic mass is 19.1. The van der Waals surface area contributed by atoms with Gasteiger partial charge in [-0.2, -0.15) is 0 Å². The van der Waals surface area contributed by atoms with Gasteiger partial charge >= 0.3 is 5.97 Å². The molecule has 0 heterocycles. The van der Waals surface area contributed by atoms with Gasteiger partial charge in [0.15, 0.2) is 0 Å². The highest BCUT2D eigenvalue weighted by Gasteiger charge is 2.12. The summed E-state index contributed by atoms with van der Waals surface area (Å²) < 4.78 is 39.4. The van der Waals surface area contributed by atoms with Gasteiger partial charge in [0.25, 0.3) is 0 Å². The number of halogens is 2. The molecule has 0 unspecified atom stereocenters. The lowest BCUT2D eigenvalue weighted by Gasteiger charge is -2.16. The monoisotopic (exact) mass is 502 g/mol. The molecular weight excluding hydrogens is 474 g/mol. The molecule has 0 radical (unpaired) electrons. The third-order valence-electron chi connectivity index (χ3n) is 6.02. The van der Waals surface area contributed by atoms with Gasteiger partial charge in [0.1, 0.15) is 36.3 Å². The van der Waals surface area contributed by atoms with Crippen molar-refractivity contribution in [1.29, 1.82) is 0 Å².